The normalized spacial score (nSPS) is 16.3. The third kappa shape index (κ3) is 4.54. The Morgan fingerprint density at radius 1 is 1.37 bits per heavy atom. The molecule has 6 nitrogen and oxygen atoms in total. The van der Waals surface area contributed by atoms with Crippen molar-refractivity contribution in [1.82, 2.24) is 25.1 Å². The van der Waals surface area contributed by atoms with E-state index >= 15 is 0 Å². The molecule has 0 bridgehead atoms. The van der Waals surface area contributed by atoms with Gasteiger partial charge in [0, 0.05) is 19.7 Å². The summed E-state index contributed by atoms with van der Waals surface area (Å²) in [7, 11) is 0. The van der Waals surface area contributed by atoms with E-state index in [1.165, 1.54) is 12.8 Å². The molecule has 6 heteroatoms. The Morgan fingerprint density at radius 2 is 2.11 bits per heavy atom. The van der Waals surface area contributed by atoms with Crippen molar-refractivity contribution < 1.29 is 5.11 Å². The number of aliphatic hydroxyl groups excluding tert-OH is 1. The maximum atomic E-state index is 9.02. The van der Waals surface area contributed by atoms with E-state index in [4.69, 9.17) is 5.11 Å². The van der Waals surface area contributed by atoms with Gasteiger partial charge in [0.25, 0.3) is 0 Å². The number of hydrogen-bond acceptors (Lipinski definition) is 5. The lowest BCUT2D eigenvalue weighted by Gasteiger charge is -2.29. The van der Waals surface area contributed by atoms with E-state index in [1.807, 2.05) is 4.68 Å². The molecule has 0 spiro atoms. The van der Waals surface area contributed by atoms with Gasteiger partial charge in [-0.25, -0.2) is 4.68 Å². The second kappa shape index (κ2) is 5.96. The van der Waals surface area contributed by atoms with Crippen LogP contribution in [0.25, 0.3) is 0 Å². The van der Waals surface area contributed by atoms with E-state index in [9.17, 15) is 0 Å². The maximum absolute atomic E-state index is 9.02. The lowest BCUT2D eigenvalue weighted by atomic mass is 9.96. The van der Waals surface area contributed by atoms with Crippen molar-refractivity contribution in [3.05, 3.63) is 5.82 Å². The predicted octanol–water partition coefficient (Wildman–Crippen LogP) is 1.24. The molecule has 108 valence electrons. The van der Waals surface area contributed by atoms with Gasteiger partial charge in [-0.3, -0.25) is 4.90 Å². The van der Waals surface area contributed by atoms with E-state index in [1.54, 1.807) is 0 Å². The van der Waals surface area contributed by atoms with Gasteiger partial charge in [0.15, 0.2) is 5.82 Å². The molecule has 1 saturated carbocycles. The minimum atomic E-state index is 0.229. The highest BCUT2D eigenvalue weighted by molar-refractivity contribution is 4.90. The van der Waals surface area contributed by atoms with Gasteiger partial charge in [-0.2, -0.15) is 0 Å². The first-order chi connectivity index (χ1) is 8.99. The Labute approximate surface area is 114 Å². The largest absolute Gasteiger partial charge is 0.396 e. The molecule has 0 aliphatic heterocycles. The van der Waals surface area contributed by atoms with Crippen LogP contribution in [0.3, 0.4) is 0 Å². The van der Waals surface area contributed by atoms with Crippen molar-refractivity contribution in [3.63, 3.8) is 0 Å². The Hall–Kier alpha value is -1.01. The van der Waals surface area contributed by atoms with Crippen molar-refractivity contribution in [2.75, 3.05) is 19.7 Å². The molecule has 2 rings (SSSR count). The molecule has 1 heterocycles. The molecule has 0 atom stereocenters. The van der Waals surface area contributed by atoms with E-state index < -0.39 is 0 Å². The summed E-state index contributed by atoms with van der Waals surface area (Å²) in [6.45, 7) is 9.53. The van der Waals surface area contributed by atoms with Gasteiger partial charge < -0.3 is 5.11 Å². The summed E-state index contributed by atoms with van der Waals surface area (Å²) in [6, 6.07) is 0.513. The van der Waals surface area contributed by atoms with Crippen LogP contribution in [0, 0.1) is 5.41 Å². The summed E-state index contributed by atoms with van der Waals surface area (Å²) in [5, 5.41) is 21.1. The van der Waals surface area contributed by atoms with Crippen LogP contribution >= 0.6 is 0 Å². The topological polar surface area (TPSA) is 67.1 Å². The summed E-state index contributed by atoms with van der Waals surface area (Å²) in [5.74, 6) is 0.949. The molecule has 19 heavy (non-hydrogen) atoms. The number of aliphatic hydroxyl groups is 1. The molecule has 0 saturated heterocycles. The minimum Gasteiger partial charge on any atom is -0.396 e. The monoisotopic (exact) mass is 267 g/mol. The van der Waals surface area contributed by atoms with E-state index in [-0.39, 0.29) is 12.0 Å². The van der Waals surface area contributed by atoms with E-state index in [2.05, 4.69) is 41.2 Å². The summed E-state index contributed by atoms with van der Waals surface area (Å²) >= 11 is 0. The lowest BCUT2D eigenvalue weighted by Crippen LogP contribution is -2.34. The number of nitrogens with zero attached hydrogens (tertiary/aromatic N) is 5. The van der Waals surface area contributed by atoms with Crippen LogP contribution in [0.1, 0.15) is 51.9 Å². The van der Waals surface area contributed by atoms with Gasteiger partial charge in [0.1, 0.15) is 0 Å². The maximum Gasteiger partial charge on any atom is 0.165 e. The van der Waals surface area contributed by atoms with Crippen LogP contribution in [0.15, 0.2) is 0 Å². The minimum absolute atomic E-state index is 0.229. The summed E-state index contributed by atoms with van der Waals surface area (Å²) in [4.78, 5) is 2.33. The number of hydrogen-bond donors (Lipinski definition) is 1. The third-order valence-electron chi connectivity index (χ3n) is 3.15. The molecule has 1 aromatic heterocycles. The van der Waals surface area contributed by atoms with E-state index in [0.29, 0.717) is 6.04 Å². The average Bonchev–Trinajstić information content (AvgIpc) is 3.05. The fourth-order valence-electron chi connectivity index (χ4n) is 2.30. The molecule has 1 aromatic rings. The zero-order chi connectivity index (χ0) is 13.9. The van der Waals surface area contributed by atoms with Gasteiger partial charge >= 0.3 is 0 Å². The van der Waals surface area contributed by atoms with Crippen LogP contribution in [0.4, 0.5) is 0 Å². The smallest absolute Gasteiger partial charge is 0.165 e. The zero-order valence-electron chi connectivity index (χ0n) is 12.2. The molecule has 0 amide bonds. The van der Waals surface area contributed by atoms with Gasteiger partial charge in [-0.1, -0.05) is 20.8 Å². The molecule has 1 aliphatic rings. The fraction of sp³-hybridized carbons (Fsp3) is 0.923. The standard InChI is InChI=1S/C13H25N5O/c1-13(2,3)10-17(7-4-8-19)9-12-14-15-16-18(12)11-5-6-11/h11,19H,4-10H2,1-3H3. The first-order valence-corrected chi connectivity index (χ1v) is 7.09. The van der Waals surface area contributed by atoms with Crippen molar-refractivity contribution in [1.29, 1.82) is 0 Å². The third-order valence-corrected chi connectivity index (χ3v) is 3.15. The quantitative estimate of drug-likeness (QED) is 0.805. The van der Waals surface area contributed by atoms with Gasteiger partial charge in [0.05, 0.1) is 12.6 Å². The second-order valence-corrected chi connectivity index (χ2v) is 6.62. The molecule has 0 aromatic carbocycles. The molecular formula is C13H25N5O. The molecular weight excluding hydrogens is 242 g/mol. The van der Waals surface area contributed by atoms with Gasteiger partial charge in [0.2, 0.25) is 0 Å². The Balaban J connectivity index is 1.99. The van der Waals surface area contributed by atoms with Crippen LogP contribution in [0.5, 0.6) is 0 Å². The van der Waals surface area contributed by atoms with Crippen molar-refractivity contribution >= 4 is 0 Å². The van der Waals surface area contributed by atoms with Crippen LogP contribution in [-0.4, -0.2) is 49.9 Å². The second-order valence-electron chi connectivity index (χ2n) is 6.62. The summed E-state index contributed by atoms with van der Waals surface area (Å²) in [6.07, 6.45) is 3.17. The molecule has 1 N–H and O–H groups in total. The van der Waals surface area contributed by atoms with Crippen molar-refractivity contribution in [2.45, 2.75) is 52.6 Å². The number of tetrazole rings is 1. The van der Waals surface area contributed by atoms with Gasteiger partial charge in [-0.15, -0.1) is 5.10 Å². The predicted molar refractivity (Wildman–Crippen MR) is 72.5 cm³/mol. The van der Waals surface area contributed by atoms with Gasteiger partial charge in [-0.05, 0) is 35.1 Å². The molecule has 0 radical (unpaired) electrons. The fourth-order valence-corrected chi connectivity index (χ4v) is 2.30. The molecule has 1 fully saturated rings. The highest BCUT2D eigenvalue weighted by Crippen LogP contribution is 2.34. The van der Waals surface area contributed by atoms with Crippen LogP contribution < -0.4 is 0 Å². The number of rotatable bonds is 7. The highest BCUT2D eigenvalue weighted by Gasteiger charge is 2.28. The Bertz CT molecular complexity index is 394. The number of aromatic nitrogens is 4. The Kier molecular flexibility index (Phi) is 4.52. The zero-order valence-corrected chi connectivity index (χ0v) is 12.2. The first-order valence-electron chi connectivity index (χ1n) is 7.09. The van der Waals surface area contributed by atoms with Crippen molar-refractivity contribution in [3.8, 4) is 0 Å². The summed E-state index contributed by atoms with van der Waals surface area (Å²) < 4.78 is 1.97. The van der Waals surface area contributed by atoms with Crippen LogP contribution in [-0.2, 0) is 6.54 Å². The molecule has 1 aliphatic carbocycles. The average molecular weight is 267 g/mol. The van der Waals surface area contributed by atoms with Crippen LogP contribution in [0.2, 0.25) is 0 Å². The van der Waals surface area contributed by atoms with E-state index in [0.717, 1.165) is 31.9 Å². The lowest BCUT2D eigenvalue weighted by molar-refractivity contribution is 0.160. The first kappa shape index (κ1) is 14.4. The SMILES string of the molecule is CC(C)(C)CN(CCCO)Cc1nnnn1C1CC1. The highest BCUT2D eigenvalue weighted by atomic mass is 16.3. The Morgan fingerprint density at radius 3 is 2.68 bits per heavy atom. The van der Waals surface area contributed by atoms with Crippen molar-refractivity contribution in [2.24, 2.45) is 5.41 Å². The molecule has 0 unspecified atom stereocenters. The summed E-state index contributed by atoms with van der Waals surface area (Å²) in [5.41, 5.74) is 0.229.